The molecule has 1 N–H and O–H groups in total. The van der Waals surface area contributed by atoms with Crippen LogP contribution in [-0.4, -0.2) is 73.8 Å². The number of amides is 2. The van der Waals surface area contributed by atoms with Crippen LogP contribution >= 0.6 is 11.6 Å². The van der Waals surface area contributed by atoms with Crippen molar-refractivity contribution < 1.29 is 43.2 Å². The van der Waals surface area contributed by atoms with Crippen LogP contribution in [0.4, 0.5) is 5.69 Å². The number of hydrogen-bond acceptors (Lipinski definition) is 8. The number of allylic oxidation sites excluding steroid dienone is 1. The molecule has 0 saturated carbocycles. The van der Waals surface area contributed by atoms with Crippen molar-refractivity contribution in [3.63, 3.8) is 0 Å². The molecule has 0 aromatic heterocycles. The first-order chi connectivity index (χ1) is 21.3. The van der Waals surface area contributed by atoms with E-state index in [1.165, 1.54) is 26.0 Å². The van der Waals surface area contributed by atoms with Crippen molar-refractivity contribution >= 4 is 41.0 Å². The van der Waals surface area contributed by atoms with E-state index >= 15 is 0 Å². The summed E-state index contributed by atoms with van der Waals surface area (Å²) in [6.07, 6.45) is 1.36. The van der Waals surface area contributed by atoms with Gasteiger partial charge in [-0.15, -0.1) is 0 Å². The number of carboxylic acid groups (broad SMARTS) is 1. The Kier molecular flexibility index (Phi) is 10.8. The summed E-state index contributed by atoms with van der Waals surface area (Å²) in [5.41, 5.74) is 1.00. The molecule has 0 fully saturated rings. The van der Waals surface area contributed by atoms with Crippen LogP contribution in [0.15, 0.2) is 48.7 Å². The van der Waals surface area contributed by atoms with Gasteiger partial charge in [0.25, 0.3) is 5.91 Å². The lowest BCUT2D eigenvalue weighted by molar-refractivity contribution is -0.144. The molecule has 0 aliphatic carbocycles. The molecule has 4 rings (SSSR count). The lowest BCUT2D eigenvalue weighted by Crippen LogP contribution is -2.47. The molecular weight excluding hydrogens is 604 g/mol. The zero-order valence-corrected chi connectivity index (χ0v) is 26.8. The zero-order valence-electron chi connectivity index (χ0n) is 26.1. The monoisotopic (exact) mass is 642 g/mol. The second-order valence-electron chi connectivity index (χ2n) is 11.9. The summed E-state index contributed by atoms with van der Waals surface area (Å²) in [4.78, 5) is 53.8. The van der Waals surface area contributed by atoms with Crippen LogP contribution in [-0.2, 0) is 28.7 Å². The summed E-state index contributed by atoms with van der Waals surface area (Å²) in [5.74, 6) is -1.46. The fourth-order valence-corrected chi connectivity index (χ4v) is 5.76. The Morgan fingerprint density at radius 1 is 1.09 bits per heavy atom. The third-order valence-electron chi connectivity index (χ3n) is 7.77. The van der Waals surface area contributed by atoms with Crippen molar-refractivity contribution in [2.24, 2.45) is 11.3 Å². The van der Waals surface area contributed by atoms with E-state index in [-0.39, 0.29) is 37.8 Å². The second kappa shape index (κ2) is 14.3. The Bertz CT molecular complexity index is 1470. The molecule has 0 spiro atoms. The van der Waals surface area contributed by atoms with Crippen LogP contribution in [0, 0.1) is 11.3 Å². The minimum atomic E-state index is -1.22. The standard InChI is InChI=1S/C33H39ClN2O9/c1-20(37)44-19-33(2,3)18-36-25-10-9-22(34)16-24(25)30(23-7-6-8-26(42-4)31(23)43-5)45-27(32(36)41)17-28(38)35-13-11-21(12-14-35)15-29(39)40/h6-11,13,16,21,27,30H,12,14-15,17-19H2,1-5H3,(H,39,40)/t21?,27-,30-/m1/s1. The summed E-state index contributed by atoms with van der Waals surface area (Å²) in [7, 11) is 3.03. The van der Waals surface area contributed by atoms with Crippen LogP contribution in [0.1, 0.15) is 57.3 Å². The van der Waals surface area contributed by atoms with E-state index in [0.29, 0.717) is 46.3 Å². The van der Waals surface area contributed by atoms with E-state index in [4.69, 9.17) is 35.7 Å². The van der Waals surface area contributed by atoms with Crippen LogP contribution < -0.4 is 14.4 Å². The minimum absolute atomic E-state index is 0.0221. The van der Waals surface area contributed by atoms with Gasteiger partial charge in [0.05, 0.1) is 33.7 Å². The zero-order chi connectivity index (χ0) is 32.9. The van der Waals surface area contributed by atoms with E-state index in [0.717, 1.165) is 0 Å². The van der Waals surface area contributed by atoms with Crippen LogP contribution in [0.3, 0.4) is 0 Å². The number of rotatable bonds is 11. The summed E-state index contributed by atoms with van der Waals surface area (Å²) >= 11 is 6.50. The number of aliphatic carboxylic acids is 1. The predicted molar refractivity (Wildman–Crippen MR) is 166 cm³/mol. The number of carbonyl (C=O) groups is 4. The third kappa shape index (κ3) is 8.15. The van der Waals surface area contributed by atoms with Gasteiger partial charge in [0.1, 0.15) is 12.2 Å². The van der Waals surface area contributed by atoms with Crippen molar-refractivity contribution in [1.82, 2.24) is 4.90 Å². The van der Waals surface area contributed by atoms with Gasteiger partial charge in [0.15, 0.2) is 11.5 Å². The quantitative estimate of drug-likeness (QED) is 0.337. The van der Waals surface area contributed by atoms with Gasteiger partial charge in [-0.25, -0.2) is 0 Å². The molecule has 0 radical (unpaired) electrons. The molecule has 2 aliphatic heterocycles. The fraction of sp³-hybridized carbons (Fsp3) is 0.455. The molecule has 0 saturated heterocycles. The number of carbonyl (C=O) groups excluding carboxylic acids is 3. The molecular formula is C33H39ClN2O9. The summed E-state index contributed by atoms with van der Waals surface area (Å²) in [6, 6.07) is 10.5. The Morgan fingerprint density at radius 2 is 1.84 bits per heavy atom. The average Bonchev–Trinajstić information content (AvgIpc) is 3.09. The number of ether oxygens (including phenoxy) is 4. The Labute approximate surface area is 267 Å². The number of carboxylic acids is 1. The highest BCUT2D eigenvalue weighted by molar-refractivity contribution is 6.30. The van der Waals surface area contributed by atoms with E-state index in [1.54, 1.807) is 53.6 Å². The van der Waals surface area contributed by atoms with Crippen molar-refractivity contribution in [3.05, 3.63) is 64.8 Å². The molecule has 2 aromatic carbocycles. The number of para-hydroxylation sites is 1. The van der Waals surface area contributed by atoms with Gasteiger partial charge in [-0.3, -0.25) is 19.2 Å². The first kappa shape index (κ1) is 33.8. The van der Waals surface area contributed by atoms with Crippen molar-refractivity contribution in [1.29, 1.82) is 0 Å². The van der Waals surface area contributed by atoms with Crippen LogP contribution in [0.25, 0.3) is 0 Å². The fourth-order valence-electron chi connectivity index (χ4n) is 5.58. The number of esters is 1. The SMILES string of the molecule is COc1cccc([C@H]2O[C@H](CC(=O)N3C=CC(CC(=O)O)CC3)C(=O)N(CC(C)(C)COC(C)=O)c3ccc(Cl)cc32)c1OC. The number of nitrogens with zero attached hydrogens (tertiary/aromatic N) is 2. The normalized spacial score (nSPS) is 19.9. The molecule has 2 aromatic rings. The van der Waals surface area contributed by atoms with Crippen LogP contribution in [0.2, 0.25) is 5.02 Å². The van der Waals surface area contributed by atoms with Gasteiger partial charge in [0, 0.05) is 53.5 Å². The van der Waals surface area contributed by atoms with Crippen LogP contribution in [0.5, 0.6) is 11.5 Å². The maximum Gasteiger partial charge on any atom is 0.303 e. The first-order valence-electron chi connectivity index (χ1n) is 14.6. The number of benzene rings is 2. The molecule has 11 nitrogen and oxygen atoms in total. The molecule has 1 unspecified atom stereocenters. The minimum Gasteiger partial charge on any atom is -0.493 e. The van der Waals surface area contributed by atoms with Crippen molar-refractivity contribution in [2.75, 3.05) is 38.8 Å². The van der Waals surface area contributed by atoms with Gasteiger partial charge in [-0.05, 0) is 36.6 Å². The number of hydrogen-bond donors (Lipinski definition) is 1. The summed E-state index contributed by atoms with van der Waals surface area (Å²) < 4.78 is 23.2. The Morgan fingerprint density at radius 3 is 2.47 bits per heavy atom. The first-order valence-corrected chi connectivity index (χ1v) is 15.0. The highest BCUT2D eigenvalue weighted by Gasteiger charge is 2.41. The molecule has 3 atom stereocenters. The number of methoxy groups -OCH3 is 2. The van der Waals surface area contributed by atoms with E-state index in [9.17, 15) is 19.2 Å². The largest absolute Gasteiger partial charge is 0.493 e. The van der Waals surface area contributed by atoms with Gasteiger partial charge in [-0.2, -0.15) is 0 Å². The Hall–Kier alpha value is -4.09. The average molecular weight is 643 g/mol. The molecule has 45 heavy (non-hydrogen) atoms. The van der Waals surface area contributed by atoms with E-state index in [1.807, 2.05) is 13.8 Å². The summed E-state index contributed by atoms with van der Waals surface area (Å²) in [6.45, 7) is 5.59. The molecule has 2 heterocycles. The molecule has 12 heteroatoms. The molecule has 2 aliphatic rings. The topological polar surface area (TPSA) is 132 Å². The highest BCUT2D eigenvalue weighted by atomic mass is 35.5. The summed E-state index contributed by atoms with van der Waals surface area (Å²) in [5, 5.41) is 9.55. The van der Waals surface area contributed by atoms with Gasteiger partial charge >= 0.3 is 11.9 Å². The van der Waals surface area contributed by atoms with Gasteiger partial charge < -0.3 is 33.9 Å². The molecule has 242 valence electrons. The number of anilines is 1. The number of fused-ring (bicyclic) bond motifs is 1. The van der Waals surface area contributed by atoms with Crippen molar-refractivity contribution in [3.8, 4) is 11.5 Å². The van der Waals surface area contributed by atoms with Gasteiger partial charge in [-0.1, -0.05) is 43.7 Å². The van der Waals surface area contributed by atoms with Gasteiger partial charge in [0.2, 0.25) is 5.91 Å². The lowest BCUT2D eigenvalue weighted by Gasteiger charge is -2.33. The smallest absolute Gasteiger partial charge is 0.303 e. The molecule has 2 amide bonds. The van der Waals surface area contributed by atoms with Crippen molar-refractivity contribution in [2.45, 2.75) is 52.2 Å². The number of halogens is 1. The highest BCUT2D eigenvalue weighted by Crippen LogP contribution is 2.45. The lowest BCUT2D eigenvalue weighted by atomic mass is 9.92. The Balaban J connectivity index is 1.78. The van der Waals surface area contributed by atoms with E-state index < -0.39 is 35.5 Å². The van der Waals surface area contributed by atoms with E-state index in [2.05, 4.69) is 0 Å². The third-order valence-corrected chi connectivity index (χ3v) is 8.00. The second-order valence-corrected chi connectivity index (χ2v) is 12.4. The predicted octanol–water partition coefficient (Wildman–Crippen LogP) is 4.99. The maximum atomic E-state index is 14.4. The molecule has 0 bridgehead atoms. The maximum absolute atomic E-state index is 14.4.